The summed E-state index contributed by atoms with van der Waals surface area (Å²) in [5, 5.41) is 7.17. The molecule has 2 atom stereocenters. The zero-order valence-corrected chi connectivity index (χ0v) is 6.71. The Kier molecular flexibility index (Phi) is 1.76. The van der Waals surface area contributed by atoms with Crippen LogP contribution >= 0.6 is 0 Å². The van der Waals surface area contributed by atoms with E-state index in [9.17, 15) is 0 Å². The van der Waals surface area contributed by atoms with E-state index in [2.05, 4.69) is 4.99 Å². The van der Waals surface area contributed by atoms with Crippen LogP contribution < -0.4 is 0 Å². The Bertz CT molecular complexity index is 196. The lowest BCUT2D eigenvalue weighted by Crippen LogP contribution is -2.23. The van der Waals surface area contributed by atoms with E-state index < -0.39 is 0 Å². The molecule has 0 radical (unpaired) electrons. The molecule has 2 rings (SSSR count). The van der Waals surface area contributed by atoms with Crippen LogP contribution in [0.4, 0.5) is 0 Å². The van der Waals surface area contributed by atoms with Gasteiger partial charge in [0.25, 0.3) is 0 Å². The van der Waals surface area contributed by atoms with Crippen molar-refractivity contribution in [2.45, 2.75) is 25.7 Å². The van der Waals surface area contributed by atoms with Crippen molar-refractivity contribution >= 4 is 11.9 Å². The molecule has 1 N–H and O–H groups in total. The van der Waals surface area contributed by atoms with Gasteiger partial charge >= 0.3 is 0 Å². The lowest BCUT2D eigenvalue weighted by atomic mass is 9.79. The van der Waals surface area contributed by atoms with Crippen LogP contribution in [-0.4, -0.2) is 18.5 Å². The second-order valence-corrected chi connectivity index (χ2v) is 3.56. The molecule has 1 heterocycles. The molecule has 11 heavy (non-hydrogen) atoms. The van der Waals surface area contributed by atoms with Gasteiger partial charge in [0.2, 0.25) is 0 Å². The van der Waals surface area contributed by atoms with E-state index in [1.54, 1.807) is 0 Å². The molecule has 0 bridgehead atoms. The summed E-state index contributed by atoms with van der Waals surface area (Å²) in [6, 6.07) is 0. The van der Waals surface area contributed by atoms with Crippen molar-refractivity contribution < 1.29 is 0 Å². The highest BCUT2D eigenvalue weighted by molar-refractivity contribution is 6.31. The molecular weight excluding hydrogens is 136 g/mol. The van der Waals surface area contributed by atoms with Gasteiger partial charge in [-0.2, -0.15) is 0 Å². The molecule has 1 saturated carbocycles. The molecule has 0 aromatic heterocycles. The highest BCUT2D eigenvalue weighted by Crippen LogP contribution is 2.34. The predicted molar refractivity (Wildman–Crippen MR) is 46.5 cm³/mol. The fourth-order valence-electron chi connectivity index (χ4n) is 2.31. The van der Waals surface area contributed by atoms with Gasteiger partial charge in [-0.25, -0.2) is 0 Å². The van der Waals surface area contributed by atoms with Crippen molar-refractivity contribution in [3.63, 3.8) is 0 Å². The SMILES string of the molecule is N=CC1=NCC2CCCCC12. The Balaban J connectivity index is 2.11. The van der Waals surface area contributed by atoms with Crippen LogP contribution in [0.5, 0.6) is 0 Å². The Hall–Kier alpha value is -0.660. The van der Waals surface area contributed by atoms with Crippen LogP contribution in [0.1, 0.15) is 25.7 Å². The van der Waals surface area contributed by atoms with E-state index in [1.807, 2.05) is 0 Å². The highest BCUT2D eigenvalue weighted by atomic mass is 14.8. The Labute approximate surface area is 67.2 Å². The number of nitrogens with one attached hydrogen (secondary N) is 1. The van der Waals surface area contributed by atoms with Crippen molar-refractivity contribution in [3.05, 3.63) is 0 Å². The summed E-state index contributed by atoms with van der Waals surface area (Å²) >= 11 is 0. The zero-order chi connectivity index (χ0) is 7.68. The van der Waals surface area contributed by atoms with E-state index in [4.69, 9.17) is 5.41 Å². The summed E-state index contributed by atoms with van der Waals surface area (Å²) in [5.74, 6) is 1.45. The largest absolute Gasteiger partial charge is 0.307 e. The highest BCUT2D eigenvalue weighted by Gasteiger charge is 2.31. The normalized spacial score (nSPS) is 36.2. The molecule has 2 aliphatic rings. The third-order valence-electron chi connectivity index (χ3n) is 2.95. The molecule has 2 nitrogen and oxygen atoms in total. The quantitative estimate of drug-likeness (QED) is 0.554. The average molecular weight is 150 g/mol. The van der Waals surface area contributed by atoms with Gasteiger partial charge in [0.15, 0.2) is 0 Å². The summed E-state index contributed by atoms with van der Waals surface area (Å²) in [5.41, 5.74) is 1.06. The summed E-state index contributed by atoms with van der Waals surface area (Å²) in [6.07, 6.45) is 6.79. The van der Waals surface area contributed by atoms with Gasteiger partial charge in [-0.05, 0) is 18.8 Å². The van der Waals surface area contributed by atoms with Crippen LogP contribution in [0.15, 0.2) is 4.99 Å². The van der Waals surface area contributed by atoms with Crippen molar-refractivity contribution in [2.75, 3.05) is 6.54 Å². The van der Waals surface area contributed by atoms with Gasteiger partial charge in [0, 0.05) is 18.7 Å². The van der Waals surface area contributed by atoms with Gasteiger partial charge < -0.3 is 5.41 Å². The first kappa shape index (κ1) is 7.01. The fraction of sp³-hybridized carbons (Fsp3) is 0.778. The summed E-state index contributed by atoms with van der Waals surface area (Å²) in [7, 11) is 0. The molecule has 1 aliphatic heterocycles. The van der Waals surface area contributed by atoms with Gasteiger partial charge in [0.05, 0.1) is 5.71 Å². The minimum atomic E-state index is 0.654. The molecule has 2 heteroatoms. The maximum Gasteiger partial charge on any atom is 0.0558 e. The molecular formula is C9H14N2. The second-order valence-electron chi connectivity index (χ2n) is 3.56. The number of fused-ring (bicyclic) bond motifs is 1. The maximum absolute atomic E-state index is 7.17. The third-order valence-corrected chi connectivity index (χ3v) is 2.95. The Morgan fingerprint density at radius 1 is 1.36 bits per heavy atom. The van der Waals surface area contributed by atoms with Crippen molar-refractivity contribution in [1.29, 1.82) is 5.41 Å². The number of aliphatic imine (C=N–C) groups is 1. The summed E-state index contributed by atoms with van der Waals surface area (Å²) in [4.78, 5) is 4.37. The monoisotopic (exact) mass is 150 g/mol. The third kappa shape index (κ3) is 1.10. The number of rotatable bonds is 1. The lowest BCUT2D eigenvalue weighted by molar-refractivity contribution is 0.330. The summed E-state index contributed by atoms with van der Waals surface area (Å²) < 4.78 is 0. The van der Waals surface area contributed by atoms with Gasteiger partial charge in [-0.15, -0.1) is 0 Å². The van der Waals surface area contributed by atoms with Crippen molar-refractivity contribution in [1.82, 2.24) is 0 Å². The zero-order valence-electron chi connectivity index (χ0n) is 6.71. The second kappa shape index (κ2) is 2.76. The number of hydrogen-bond donors (Lipinski definition) is 1. The predicted octanol–water partition coefficient (Wildman–Crippen LogP) is 1.90. The molecule has 0 aromatic carbocycles. The minimum Gasteiger partial charge on any atom is -0.307 e. The van der Waals surface area contributed by atoms with Gasteiger partial charge in [-0.1, -0.05) is 12.8 Å². The first-order valence-electron chi connectivity index (χ1n) is 4.46. The van der Waals surface area contributed by atoms with Crippen LogP contribution in [0, 0.1) is 17.2 Å². The molecule has 60 valence electrons. The average Bonchev–Trinajstić information content (AvgIpc) is 2.47. The first-order valence-corrected chi connectivity index (χ1v) is 4.46. The fourth-order valence-corrected chi connectivity index (χ4v) is 2.31. The van der Waals surface area contributed by atoms with E-state index in [0.29, 0.717) is 5.92 Å². The van der Waals surface area contributed by atoms with Gasteiger partial charge in [0.1, 0.15) is 0 Å². The van der Waals surface area contributed by atoms with E-state index in [0.717, 1.165) is 18.2 Å². The standard InChI is InChI=1S/C9H14N2/c10-5-9-8-4-2-1-3-7(8)6-11-9/h5,7-8,10H,1-4,6H2. The number of hydrogen-bond acceptors (Lipinski definition) is 2. The van der Waals surface area contributed by atoms with Crippen LogP contribution in [0.2, 0.25) is 0 Å². The van der Waals surface area contributed by atoms with Crippen molar-refractivity contribution in [2.24, 2.45) is 16.8 Å². The van der Waals surface area contributed by atoms with E-state index in [1.165, 1.54) is 31.9 Å². The molecule has 2 unspecified atom stereocenters. The van der Waals surface area contributed by atoms with E-state index >= 15 is 0 Å². The lowest BCUT2D eigenvalue weighted by Gasteiger charge is -2.24. The maximum atomic E-state index is 7.17. The van der Waals surface area contributed by atoms with Crippen LogP contribution in [0.25, 0.3) is 0 Å². The van der Waals surface area contributed by atoms with Gasteiger partial charge in [-0.3, -0.25) is 4.99 Å². The Morgan fingerprint density at radius 3 is 3.00 bits per heavy atom. The molecule has 0 spiro atoms. The molecule has 1 fully saturated rings. The topological polar surface area (TPSA) is 36.2 Å². The first-order chi connectivity index (χ1) is 5.42. The van der Waals surface area contributed by atoms with Crippen molar-refractivity contribution in [3.8, 4) is 0 Å². The summed E-state index contributed by atoms with van der Waals surface area (Å²) in [6.45, 7) is 0.995. The minimum absolute atomic E-state index is 0.654. The van der Waals surface area contributed by atoms with Crippen LogP contribution in [0.3, 0.4) is 0 Å². The molecule has 0 saturated heterocycles. The van der Waals surface area contributed by atoms with Crippen LogP contribution in [-0.2, 0) is 0 Å². The molecule has 1 aliphatic carbocycles. The van der Waals surface area contributed by atoms with E-state index in [-0.39, 0.29) is 0 Å². The molecule has 0 aromatic rings. The number of nitrogens with zero attached hydrogens (tertiary/aromatic N) is 1. The smallest absolute Gasteiger partial charge is 0.0558 e. The molecule has 0 amide bonds. The Morgan fingerprint density at radius 2 is 2.18 bits per heavy atom.